The minimum Gasteiger partial charge on any atom is -0.290 e. The van der Waals surface area contributed by atoms with E-state index in [-0.39, 0.29) is 17.6 Å². The predicted molar refractivity (Wildman–Crippen MR) is 205 cm³/mol. The summed E-state index contributed by atoms with van der Waals surface area (Å²) in [5.41, 5.74) is 11.4. The van der Waals surface area contributed by atoms with E-state index in [2.05, 4.69) is 144 Å². The first-order valence-corrected chi connectivity index (χ1v) is 17.7. The van der Waals surface area contributed by atoms with Crippen LogP contribution in [0.5, 0.6) is 0 Å². The number of rotatable bonds is 7. The van der Waals surface area contributed by atoms with Crippen LogP contribution in [0.3, 0.4) is 0 Å². The molecule has 1 N–H and O–H groups in total. The number of benzene rings is 4. The van der Waals surface area contributed by atoms with Crippen LogP contribution in [0.15, 0.2) is 161 Å². The normalized spacial score (nSPS) is 25.3. The highest BCUT2D eigenvalue weighted by atomic mass is 15.1. The van der Waals surface area contributed by atoms with E-state index in [0.717, 1.165) is 47.9 Å². The van der Waals surface area contributed by atoms with Gasteiger partial charge in [0, 0.05) is 41.8 Å². The van der Waals surface area contributed by atoms with E-state index < -0.39 is 0 Å². The largest absolute Gasteiger partial charge is 0.290 e. The maximum atomic E-state index is 5.50. The summed E-state index contributed by atoms with van der Waals surface area (Å²) >= 11 is 0. The second-order valence-electron chi connectivity index (χ2n) is 13.9. The maximum Gasteiger partial charge on any atom is 0.155 e. The summed E-state index contributed by atoms with van der Waals surface area (Å²) < 4.78 is 0. The number of aliphatic imine (C=N–C) groups is 3. The van der Waals surface area contributed by atoms with Crippen molar-refractivity contribution in [3.63, 3.8) is 0 Å². The SMILES string of the molecule is Cc1cccc(C2N=CC(c3ccc(C4=NC(c5ccc(-c6ccccc6)cc5)=NC5(C6C=CC(c7ccccc7)=CC6)CC45)cc3)CN2)n1. The highest BCUT2D eigenvalue weighted by molar-refractivity contribution is 6.17. The second-order valence-corrected chi connectivity index (χ2v) is 13.9. The van der Waals surface area contributed by atoms with Crippen molar-refractivity contribution in [3.05, 3.63) is 179 Å². The van der Waals surface area contributed by atoms with E-state index in [9.17, 15) is 0 Å². The maximum absolute atomic E-state index is 5.50. The first-order chi connectivity index (χ1) is 24.6. The third-order valence-corrected chi connectivity index (χ3v) is 10.7. The average molecular weight is 650 g/mol. The molecule has 1 aromatic heterocycles. The molecule has 2 aliphatic heterocycles. The summed E-state index contributed by atoms with van der Waals surface area (Å²) in [6.07, 6.45) is 11.1. The molecule has 3 heterocycles. The van der Waals surface area contributed by atoms with Gasteiger partial charge >= 0.3 is 0 Å². The summed E-state index contributed by atoms with van der Waals surface area (Å²) in [4.78, 5) is 20.3. The van der Waals surface area contributed by atoms with Gasteiger partial charge in [-0.1, -0.05) is 133 Å². The van der Waals surface area contributed by atoms with Gasteiger partial charge in [-0.05, 0) is 65.3 Å². The highest BCUT2D eigenvalue weighted by Gasteiger charge is 2.62. The van der Waals surface area contributed by atoms with Gasteiger partial charge in [0.1, 0.15) is 6.17 Å². The summed E-state index contributed by atoms with van der Waals surface area (Å²) in [7, 11) is 0. The van der Waals surface area contributed by atoms with E-state index in [1.54, 1.807) is 0 Å². The molecule has 5 unspecified atom stereocenters. The molecule has 4 aromatic carbocycles. The Labute approximate surface area is 294 Å². The van der Waals surface area contributed by atoms with E-state index in [1.807, 2.05) is 25.1 Å². The third-order valence-electron chi connectivity index (χ3n) is 10.7. The van der Waals surface area contributed by atoms with Crippen LogP contribution in [0.2, 0.25) is 0 Å². The minimum absolute atomic E-state index is 0.100. The van der Waals surface area contributed by atoms with Crippen molar-refractivity contribution in [2.24, 2.45) is 26.8 Å². The Balaban J connectivity index is 1.00. The predicted octanol–water partition coefficient (Wildman–Crippen LogP) is 9.18. The lowest BCUT2D eigenvalue weighted by Gasteiger charge is -2.28. The lowest BCUT2D eigenvalue weighted by Crippen LogP contribution is -2.31. The fraction of sp³-hybridized carbons (Fsp3) is 0.200. The Hall–Kier alpha value is -5.52. The zero-order valence-electron chi connectivity index (χ0n) is 28.2. The molecule has 0 spiro atoms. The Morgan fingerprint density at radius 1 is 0.700 bits per heavy atom. The Morgan fingerprint density at radius 3 is 2.08 bits per heavy atom. The number of hydrogen-bond acceptors (Lipinski definition) is 5. The first kappa shape index (κ1) is 30.5. The van der Waals surface area contributed by atoms with E-state index in [4.69, 9.17) is 15.0 Å². The molecule has 0 bridgehead atoms. The highest BCUT2D eigenvalue weighted by Crippen LogP contribution is 2.58. The molecule has 9 rings (SSSR count). The lowest BCUT2D eigenvalue weighted by atomic mass is 9.83. The summed E-state index contributed by atoms with van der Waals surface area (Å²) in [6.45, 7) is 2.84. The number of amidine groups is 1. The van der Waals surface area contributed by atoms with Gasteiger partial charge < -0.3 is 0 Å². The van der Waals surface area contributed by atoms with Crippen molar-refractivity contribution in [2.75, 3.05) is 6.54 Å². The van der Waals surface area contributed by atoms with Crippen LogP contribution in [0, 0.1) is 18.8 Å². The summed E-state index contributed by atoms with van der Waals surface area (Å²) in [5.74, 6) is 1.66. The van der Waals surface area contributed by atoms with Crippen LogP contribution in [-0.4, -0.2) is 34.8 Å². The molecule has 5 aromatic rings. The van der Waals surface area contributed by atoms with Crippen molar-refractivity contribution in [3.8, 4) is 11.1 Å². The molecular weight excluding hydrogens is 611 g/mol. The fourth-order valence-electron chi connectivity index (χ4n) is 7.84. The summed E-state index contributed by atoms with van der Waals surface area (Å²) in [6, 6.07) is 45.1. The molecule has 50 heavy (non-hydrogen) atoms. The van der Waals surface area contributed by atoms with Gasteiger partial charge in [0.25, 0.3) is 0 Å². The number of nitrogens with one attached hydrogen (secondary N) is 1. The smallest absolute Gasteiger partial charge is 0.155 e. The number of aryl methyl sites for hydroxylation is 1. The molecule has 0 amide bonds. The van der Waals surface area contributed by atoms with Crippen LogP contribution in [-0.2, 0) is 0 Å². The monoisotopic (exact) mass is 649 g/mol. The zero-order chi connectivity index (χ0) is 33.5. The zero-order valence-corrected chi connectivity index (χ0v) is 28.2. The first-order valence-electron chi connectivity index (χ1n) is 17.7. The molecular formula is C45H39N5. The Bertz CT molecular complexity index is 2180. The number of pyridine rings is 1. The standard InChI is InChI=1S/C45H39N5/c1-30-9-8-14-41(48-30)44-46-28-38(29-47-44)35-15-19-36(20-16-35)42-40-27-45(40,39-25-23-34(24-26-39)32-12-6-3-7-13-32)50-43(49-42)37-21-17-33(18-22-37)31-10-4-2-5-11-31/h2-25,28,38-40,44,47H,26-27,29H2,1H3. The fourth-order valence-corrected chi connectivity index (χ4v) is 7.84. The van der Waals surface area contributed by atoms with Crippen LogP contribution in [0.1, 0.15) is 58.6 Å². The number of hydrogen-bond donors (Lipinski definition) is 1. The number of allylic oxidation sites excluding steroid dienone is 3. The van der Waals surface area contributed by atoms with Crippen LogP contribution < -0.4 is 5.32 Å². The summed E-state index contributed by atoms with van der Waals surface area (Å²) in [5, 5.41) is 3.58. The van der Waals surface area contributed by atoms with E-state index in [1.165, 1.54) is 33.4 Å². The van der Waals surface area contributed by atoms with Gasteiger partial charge in [-0.25, -0.2) is 4.99 Å². The van der Waals surface area contributed by atoms with Crippen LogP contribution >= 0.6 is 0 Å². The van der Waals surface area contributed by atoms with Crippen molar-refractivity contribution in [1.82, 2.24) is 10.3 Å². The van der Waals surface area contributed by atoms with Gasteiger partial charge in [0.2, 0.25) is 0 Å². The quantitative estimate of drug-likeness (QED) is 0.191. The van der Waals surface area contributed by atoms with E-state index >= 15 is 0 Å². The molecule has 244 valence electrons. The second kappa shape index (κ2) is 12.7. The molecule has 5 nitrogen and oxygen atoms in total. The molecule has 1 saturated carbocycles. The number of aromatic nitrogens is 1. The average Bonchev–Trinajstić information content (AvgIpc) is 3.95. The number of nitrogens with zero attached hydrogens (tertiary/aromatic N) is 4. The minimum atomic E-state index is -0.183. The number of fused-ring (bicyclic) bond motifs is 1. The topological polar surface area (TPSA) is 62.0 Å². The van der Waals surface area contributed by atoms with Crippen molar-refractivity contribution in [2.45, 2.75) is 37.4 Å². The third kappa shape index (κ3) is 5.78. The Morgan fingerprint density at radius 2 is 1.40 bits per heavy atom. The van der Waals surface area contributed by atoms with Crippen LogP contribution in [0.4, 0.5) is 0 Å². The van der Waals surface area contributed by atoms with Crippen molar-refractivity contribution < 1.29 is 0 Å². The van der Waals surface area contributed by atoms with Gasteiger partial charge in [0.15, 0.2) is 5.84 Å². The van der Waals surface area contributed by atoms with Crippen molar-refractivity contribution in [1.29, 1.82) is 0 Å². The van der Waals surface area contributed by atoms with Gasteiger partial charge in [-0.2, -0.15) is 0 Å². The van der Waals surface area contributed by atoms with E-state index in [0.29, 0.717) is 11.8 Å². The van der Waals surface area contributed by atoms with Crippen molar-refractivity contribution >= 4 is 23.3 Å². The molecule has 5 atom stereocenters. The molecule has 0 saturated heterocycles. The van der Waals surface area contributed by atoms with Crippen LogP contribution in [0.25, 0.3) is 16.7 Å². The van der Waals surface area contributed by atoms with Gasteiger partial charge in [-0.3, -0.25) is 20.3 Å². The molecule has 5 heteroatoms. The lowest BCUT2D eigenvalue weighted by molar-refractivity contribution is 0.474. The molecule has 2 aliphatic carbocycles. The molecule has 0 radical (unpaired) electrons. The molecule has 1 fully saturated rings. The Kier molecular flexibility index (Phi) is 7.78. The van der Waals surface area contributed by atoms with Gasteiger partial charge in [-0.15, -0.1) is 0 Å². The molecule has 4 aliphatic rings. The van der Waals surface area contributed by atoms with Gasteiger partial charge in [0.05, 0.1) is 16.9 Å².